The molecule has 0 radical (unpaired) electrons. The molecule has 27 heavy (non-hydrogen) atoms. The molecule has 0 spiro atoms. The molecule has 1 aliphatic rings. The topological polar surface area (TPSA) is 105 Å². The summed E-state index contributed by atoms with van der Waals surface area (Å²) in [4.78, 5) is 41.7. The Morgan fingerprint density at radius 3 is 2.44 bits per heavy atom. The number of nitrogens with one attached hydrogen (secondary N) is 1. The third-order valence-electron chi connectivity index (χ3n) is 4.70. The van der Waals surface area contributed by atoms with Crippen molar-refractivity contribution in [3.8, 4) is 0 Å². The largest absolute Gasteiger partial charge is 0.316 e. The SMILES string of the molecule is CC(C)N1C(=O)C(C)(C)c2cc(NC(=O)c3ccncc3)c([N+](=O)[O-])cc21. The van der Waals surface area contributed by atoms with Crippen molar-refractivity contribution in [3.05, 3.63) is 57.9 Å². The van der Waals surface area contributed by atoms with Crippen molar-refractivity contribution in [2.75, 3.05) is 10.2 Å². The predicted octanol–water partition coefficient (Wildman–Crippen LogP) is 3.27. The molecular weight excluding hydrogens is 348 g/mol. The lowest BCUT2D eigenvalue weighted by molar-refractivity contribution is -0.383. The quantitative estimate of drug-likeness (QED) is 0.658. The molecule has 0 fully saturated rings. The van der Waals surface area contributed by atoms with Gasteiger partial charge >= 0.3 is 0 Å². The van der Waals surface area contributed by atoms with Gasteiger partial charge in [0.2, 0.25) is 5.91 Å². The van der Waals surface area contributed by atoms with Crippen LogP contribution in [0.15, 0.2) is 36.7 Å². The Morgan fingerprint density at radius 1 is 1.26 bits per heavy atom. The van der Waals surface area contributed by atoms with Crippen LogP contribution in [0.4, 0.5) is 17.1 Å². The van der Waals surface area contributed by atoms with E-state index < -0.39 is 16.2 Å². The number of nitrogens with zero attached hydrogens (tertiary/aromatic N) is 3. The van der Waals surface area contributed by atoms with Gasteiger partial charge in [-0.2, -0.15) is 0 Å². The summed E-state index contributed by atoms with van der Waals surface area (Å²) in [5, 5.41) is 14.2. The van der Waals surface area contributed by atoms with Crippen molar-refractivity contribution < 1.29 is 14.5 Å². The van der Waals surface area contributed by atoms with E-state index in [0.29, 0.717) is 16.8 Å². The zero-order valence-corrected chi connectivity index (χ0v) is 15.5. The highest BCUT2D eigenvalue weighted by Gasteiger charge is 2.46. The molecule has 1 aromatic carbocycles. The van der Waals surface area contributed by atoms with Crippen LogP contribution >= 0.6 is 0 Å². The van der Waals surface area contributed by atoms with Gasteiger partial charge in [-0.25, -0.2) is 0 Å². The Kier molecular flexibility index (Phi) is 4.43. The fraction of sp³-hybridized carbons (Fsp3) is 0.316. The molecule has 3 rings (SSSR count). The number of carbonyl (C=O) groups excluding carboxylic acids is 2. The maximum atomic E-state index is 12.8. The van der Waals surface area contributed by atoms with Gasteiger partial charge in [-0.15, -0.1) is 0 Å². The van der Waals surface area contributed by atoms with Gasteiger partial charge in [0.15, 0.2) is 0 Å². The second-order valence-corrected chi connectivity index (χ2v) is 7.23. The van der Waals surface area contributed by atoms with E-state index in [1.807, 2.05) is 13.8 Å². The molecule has 0 atom stereocenters. The van der Waals surface area contributed by atoms with Gasteiger partial charge in [0.05, 0.1) is 16.0 Å². The molecule has 2 amide bonds. The smallest absolute Gasteiger partial charge is 0.294 e. The molecule has 2 heterocycles. The van der Waals surface area contributed by atoms with E-state index in [1.165, 1.54) is 36.7 Å². The number of hydrogen-bond donors (Lipinski definition) is 1. The molecule has 0 unspecified atom stereocenters. The lowest BCUT2D eigenvalue weighted by Crippen LogP contribution is -2.40. The summed E-state index contributed by atoms with van der Waals surface area (Å²) in [6, 6.07) is 5.79. The normalized spacial score (nSPS) is 15.0. The van der Waals surface area contributed by atoms with Crippen molar-refractivity contribution in [1.29, 1.82) is 0 Å². The fourth-order valence-electron chi connectivity index (χ4n) is 3.26. The molecule has 140 valence electrons. The van der Waals surface area contributed by atoms with E-state index in [9.17, 15) is 19.7 Å². The molecule has 1 aromatic heterocycles. The minimum atomic E-state index is -0.842. The molecule has 0 saturated heterocycles. The molecule has 8 nitrogen and oxygen atoms in total. The van der Waals surface area contributed by atoms with E-state index in [-0.39, 0.29) is 23.3 Å². The molecule has 1 N–H and O–H groups in total. The van der Waals surface area contributed by atoms with Gasteiger partial charge < -0.3 is 10.2 Å². The van der Waals surface area contributed by atoms with Gasteiger partial charge in [-0.3, -0.25) is 24.7 Å². The molecule has 1 aliphatic heterocycles. The number of benzene rings is 1. The highest BCUT2D eigenvalue weighted by molar-refractivity contribution is 6.10. The number of fused-ring (bicyclic) bond motifs is 1. The third kappa shape index (κ3) is 3.03. The Morgan fingerprint density at radius 2 is 1.89 bits per heavy atom. The molecule has 0 aliphatic carbocycles. The summed E-state index contributed by atoms with van der Waals surface area (Å²) >= 11 is 0. The van der Waals surface area contributed by atoms with E-state index in [0.717, 1.165) is 0 Å². The number of nitro groups is 1. The van der Waals surface area contributed by atoms with Crippen LogP contribution in [0.2, 0.25) is 0 Å². The molecular formula is C19H20N4O4. The number of anilines is 2. The lowest BCUT2D eigenvalue weighted by atomic mass is 9.85. The van der Waals surface area contributed by atoms with Crippen molar-refractivity contribution >= 4 is 28.9 Å². The number of nitro benzene ring substituents is 1. The number of carbonyl (C=O) groups is 2. The maximum absolute atomic E-state index is 12.8. The maximum Gasteiger partial charge on any atom is 0.294 e. The van der Waals surface area contributed by atoms with Crippen LogP contribution in [0, 0.1) is 10.1 Å². The first-order chi connectivity index (χ1) is 12.6. The van der Waals surface area contributed by atoms with Crippen LogP contribution in [0.5, 0.6) is 0 Å². The van der Waals surface area contributed by atoms with Gasteiger partial charge in [0.1, 0.15) is 5.69 Å². The minimum absolute atomic E-state index is 0.0621. The summed E-state index contributed by atoms with van der Waals surface area (Å²) in [6.45, 7) is 7.26. The Labute approximate surface area is 156 Å². The number of amides is 2. The van der Waals surface area contributed by atoms with Crippen LogP contribution in [-0.2, 0) is 10.2 Å². The standard InChI is InChI=1S/C19H20N4O4/c1-11(2)22-15-10-16(23(26)27)14(9-13(15)19(3,4)18(22)25)21-17(24)12-5-7-20-8-6-12/h5-11H,1-4H3,(H,21,24). The van der Waals surface area contributed by atoms with E-state index in [4.69, 9.17) is 0 Å². The van der Waals surface area contributed by atoms with Crippen LogP contribution in [0.1, 0.15) is 43.6 Å². The summed E-state index contributed by atoms with van der Waals surface area (Å²) in [5.74, 6) is -0.609. The number of pyridine rings is 1. The van der Waals surface area contributed by atoms with E-state index in [2.05, 4.69) is 10.3 Å². The van der Waals surface area contributed by atoms with Crippen molar-refractivity contribution in [2.45, 2.75) is 39.2 Å². The molecule has 8 heteroatoms. The molecule has 0 saturated carbocycles. The van der Waals surface area contributed by atoms with E-state index >= 15 is 0 Å². The number of hydrogen-bond acceptors (Lipinski definition) is 5. The van der Waals surface area contributed by atoms with Gasteiger partial charge in [-0.1, -0.05) is 0 Å². The van der Waals surface area contributed by atoms with Crippen LogP contribution in [0.25, 0.3) is 0 Å². The number of aromatic nitrogens is 1. The van der Waals surface area contributed by atoms with Gasteiger partial charge in [0, 0.05) is 30.1 Å². The van der Waals surface area contributed by atoms with Gasteiger partial charge in [-0.05, 0) is 51.5 Å². The van der Waals surface area contributed by atoms with Crippen molar-refractivity contribution in [1.82, 2.24) is 4.98 Å². The first kappa shape index (κ1) is 18.5. The highest BCUT2D eigenvalue weighted by Crippen LogP contribution is 2.46. The molecule has 2 aromatic rings. The number of rotatable bonds is 4. The minimum Gasteiger partial charge on any atom is -0.316 e. The zero-order chi connectivity index (χ0) is 19.9. The van der Waals surface area contributed by atoms with Crippen molar-refractivity contribution in [2.24, 2.45) is 0 Å². The lowest BCUT2D eigenvalue weighted by Gasteiger charge is -2.23. The Hall–Kier alpha value is -3.29. The van der Waals surface area contributed by atoms with Crippen LogP contribution in [-0.4, -0.2) is 27.8 Å². The summed E-state index contributed by atoms with van der Waals surface area (Å²) in [7, 11) is 0. The highest BCUT2D eigenvalue weighted by atomic mass is 16.6. The summed E-state index contributed by atoms with van der Waals surface area (Å²) in [6.07, 6.45) is 2.93. The van der Waals surface area contributed by atoms with Gasteiger partial charge in [0.25, 0.3) is 11.6 Å². The average Bonchev–Trinajstić information content (AvgIpc) is 2.81. The average molecular weight is 368 g/mol. The first-order valence-corrected chi connectivity index (χ1v) is 8.52. The monoisotopic (exact) mass is 368 g/mol. The third-order valence-corrected chi connectivity index (χ3v) is 4.70. The van der Waals surface area contributed by atoms with E-state index in [1.54, 1.807) is 18.7 Å². The second kappa shape index (κ2) is 6.46. The summed E-state index contributed by atoms with van der Waals surface area (Å²) in [5.41, 5.74) is 0.453. The van der Waals surface area contributed by atoms with Crippen LogP contribution < -0.4 is 10.2 Å². The first-order valence-electron chi connectivity index (χ1n) is 8.52. The predicted molar refractivity (Wildman–Crippen MR) is 101 cm³/mol. The Balaban J connectivity index is 2.11. The van der Waals surface area contributed by atoms with Crippen molar-refractivity contribution in [3.63, 3.8) is 0 Å². The van der Waals surface area contributed by atoms with Crippen LogP contribution in [0.3, 0.4) is 0 Å². The zero-order valence-electron chi connectivity index (χ0n) is 15.5. The summed E-state index contributed by atoms with van der Waals surface area (Å²) < 4.78 is 0. The second-order valence-electron chi connectivity index (χ2n) is 7.23. The molecule has 0 bridgehead atoms. The Bertz CT molecular complexity index is 938. The fourth-order valence-corrected chi connectivity index (χ4v) is 3.26.